The van der Waals surface area contributed by atoms with Gasteiger partial charge in [-0.2, -0.15) is 10.5 Å². The Kier molecular flexibility index (Phi) is 5.99. The molecule has 0 aliphatic carbocycles. The summed E-state index contributed by atoms with van der Waals surface area (Å²) < 4.78 is 2.01. The summed E-state index contributed by atoms with van der Waals surface area (Å²) in [4.78, 5) is 6.55. The number of imidazole rings is 1. The molecule has 5 nitrogen and oxygen atoms in total. The molecule has 0 unspecified atom stereocenters. The zero-order valence-corrected chi connectivity index (χ0v) is 19.4. The third-order valence-electron chi connectivity index (χ3n) is 6.29. The number of anilines is 1. The van der Waals surface area contributed by atoms with Crippen LogP contribution in [0.15, 0.2) is 97.5 Å². The second kappa shape index (κ2) is 9.55. The van der Waals surface area contributed by atoms with Gasteiger partial charge in [0.15, 0.2) is 0 Å². The zero-order chi connectivity index (χ0) is 24.2. The maximum Gasteiger partial charge on any atom is 0.0998 e. The van der Waals surface area contributed by atoms with E-state index in [1.165, 1.54) is 0 Å². The van der Waals surface area contributed by atoms with Crippen molar-refractivity contribution in [1.29, 1.82) is 10.5 Å². The monoisotopic (exact) mass is 453 g/mol. The summed E-state index contributed by atoms with van der Waals surface area (Å²) in [5.41, 5.74) is 6.43. The average Bonchev–Trinajstić information content (AvgIpc) is 3.32. The number of hydrogen-bond donors (Lipinski definition) is 0. The molecule has 0 bridgehead atoms. The van der Waals surface area contributed by atoms with Crippen LogP contribution in [-0.2, 0) is 20.1 Å². The molecular weight excluding hydrogens is 430 g/mol. The van der Waals surface area contributed by atoms with Crippen LogP contribution in [0.1, 0.15) is 22.4 Å². The average molecular weight is 454 g/mol. The van der Waals surface area contributed by atoms with Crippen molar-refractivity contribution in [3.63, 3.8) is 0 Å². The molecule has 35 heavy (non-hydrogen) atoms. The van der Waals surface area contributed by atoms with Crippen LogP contribution in [0.4, 0.5) is 5.69 Å². The fourth-order valence-electron chi connectivity index (χ4n) is 4.39. The van der Waals surface area contributed by atoms with Crippen molar-refractivity contribution in [3.8, 4) is 23.3 Å². The van der Waals surface area contributed by atoms with E-state index in [0.29, 0.717) is 24.2 Å². The lowest BCUT2D eigenvalue weighted by Gasteiger charge is -2.26. The maximum absolute atomic E-state index is 9.91. The first kappa shape index (κ1) is 21.9. The Balaban J connectivity index is 1.61. The van der Waals surface area contributed by atoms with E-state index in [0.717, 1.165) is 38.8 Å². The van der Waals surface area contributed by atoms with Crippen molar-refractivity contribution >= 4 is 16.5 Å². The van der Waals surface area contributed by atoms with Gasteiger partial charge in [0.05, 0.1) is 41.8 Å². The van der Waals surface area contributed by atoms with Crippen LogP contribution in [0.2, 0.25) is 0 Å². The standard InChI is InChI=1S/C30H23N5/c1-34-21-33-18-27(34)20-35(19-23-11-9-22(16-31)10-12-23)26-14-13-25(17-32)30(15-26)29-8-4-6-24-5-2-3-7-28(24)29/h2-15,18,21H,19-20H2,1H3. The Morgan fingerprint density at radius 1 is 0.829 bits per heavy atom. The number of hydrogen-bond acceptors (Lipinski definition) is 4. The quantitative estimate of drug-likeness (QED) is 0.307. The van der Waals surface area contributed by atoms with Gasteiger partial charge < -0.3 is 9.47 Å². The van der Waals surface area contributed by atoms with Crippen LogP contribution >= 0.6 is 0 Å². The van der Waals surface area contributed by atoms with Gasteiger partial charge >= 0.3 is 0 Å². The highest BCUT2D eigenvalue weighted by atomic mass is 15.2. The van der Waals surface area contributed by atoms with Gasteiger partial charge in [0.25, 0.3) is 0 Å². The molecule has 5 rings (SSSR count). The molecule has 0 radical (unpaired) electrons. The molecule has 5 aromatic rings. The minimum atomic E-state index is 0.642. The number of fused-ring (bicyclic) bond motifs is 1. The Hall–Kier alpha value is -4.87. The molecule has 0 fully saturated rings. The third-order valence-corrected chi connectivity index (χ3v) is 6.29. The number of aryl methyl sites for hydroxylation is 1. The van der Waals surface area contributed by atoms with Crippen molar-refractivity contribution in [1.82, 2.24) is 9.55 Å². The van der Waals surface area contributed by atoms with Crippen LogP contribution in [0, 0.1) is 22.7 Å². The molecule has 0 saturated carbocycles. The molecule has 0 atom stereocenters. The molecule has 4 aromatic carbocycles. The van der Waals surface area contributed by atoms with Crippen LogP contribution in [0.5, 0.6) is 0 Å². The van der Waals surface area contributed by atoms with Crippen molar-refractivity contribution in [2.45, 2.75) is 13.1 Å². The molecule has 0 spiro atoms. The second-order valence-corrected chi connectivity index (χ2v) is 8.53. The van der Waals surface area contributed by atoms with Gasteiger partial charge in [-0.25, -0.2) is 4.98 Å². The van der Waals surface area contributed by atoms with Crippen LogP contribution in [-0.4, -0.2) is 9.55 Å². The fraction of sp³-hybridized carbons (Fsp3) is 0.100. The molecule has 0 aliphatic rings. The summed E-state index contributed by atoms with van der Waals surface area (Å²) in [6.07, 6.45) is 3.68. The molecule has 1 aromatic heterocycles. The van der Waals surface area contributed by atoms with Crippen LogP contribution in [0.3, 0.4) is 0 Å². The lowest BCUT2D eigenvalue weighted by Crippen LogP contribution is -2.23. The number of nitrogens with zero attached hydrogens (tertiary/aromatic N) is 5. The smallest absolute Gasteiger partial charge is 0.0998 e. The van der Waals surface area contributed by atoms with E-state index in [1.807, 2.05) is 72.4 Å². The Bertz CT molecular complexity index is 1580. The molecule has 0 aliphatic heterocycles. The number of nitriles is 2. The predicted molar refractivity (Wildman–Crippen MR) is 138 cm³/mol. The normalized spacial score (nSPS) is 10.6. The van der Waals surface area contributed by atoms with E-state index in [2.05, 4.69) is 52.4 Å². The number of aromatic nitrogens is 2. The Labute approximate surface area is 204 Å². The van der Waals surface area contributed by atoms with E-state index >= 15 is 0 Å². The minimum Gasteiger partial charge on any atom is -0.361 e. The summed E-state index contributed by atoms with van der Waals surface area (Å²) in [6.45, 7) is 1.30. The summed E-state index contributed by atoms with van der Waals surface area (Å²) >= 11 is 0. The van der Waals surface area contributed by atoms with E-state index in [-0.39, 0.29) is 0 Å². The topological polar surface area (TPSA) is 68.6 Å². The molecule has 1 heterocycles. The predicted octanol–water partition coefficient (Wildman–Crippen LogP) is 6.19. The maximum atomic E-state index is 9.91. The van der Waals surface area contributed by atoms with Crippen LogP contribution in [0.25, 0.3) is 21.9 Å². The highest BCUT2D eigenvalue weighted by molar-refractivity contribution is 5.98. The molecule has 0 saturated heterocycles. The first-order valence-corrected chi connectivity index (χ1v) is 11.4. The van der Waals surface area contributed by atoms with E-state index in [9.17, 15) is 5.26 Å². The van der Waals surface area contributed by atoms with Crippen molar-refractivity contribution < 1.29 is 0 Å². The van der Waals surface area contributed by atoms with E-state index in [4.69, 9.17) is 5.26 Å². The van der Waals surface area contributed by atoms with Gasteiger partial charge in [0, 0.05) is 31.0 Å². The largest absolute Gasteiger partial charge is 0.361 e. The lowest BCUT2D eigenvalue weighted by molar-refractivity contribution is 0.736. The minimum absolute atomic E-state index is 0.642. The van der Waals surface area contributed by atoms with Crippen molar-refractivity contribution in [3.05, 3.63) is 120 Å². The summed E-state index contributed by atoms with van der Waals surface area (Å²) in [6, 6.07) is 32.7. The van der Waals surface area contributed by atoms with Crippen molar-refractivity contribution in [2.24, 2.45) is 7.05 Å². The zero-order valence-electron chi connectivity index (χ0n) is 19.4. The van der Waals surface area contributed by atoms with E-state index in [1.54, 1.807) is 6.33 Å². The van der Waals surface area contributed by atoms with Gasteiger partial charge in [-0.05, 0) is 52.2 Å². The lowest BCUT2D eigenvalue weighted by atomic mass is 9.94. The molecule has 168 valence electrons. The Morgan fingerprint density at radius 3 is 2.37 bits per heavy atom. The molecule has 5 heteroatoms. The van der Waals surface area contributed by atoms with Gasteiger partial charge in [-0.1, -0.05) is 54.6 Å². The first-order valence-electron chi connectivity index (χ1n) is 11.4. The molecule has 0 N–H and O–H groups in total. The fourth-order valence-corrected chi connectivity index (χ4v) is 4.39. The number of benzene rings is 4. The van der Waals surface area contributed by atoms with Crippen molar-refractivity contribution in [2.75, 3.05) is 4.90 Å². The van der Waals surface area contributed by atoms with Gasteiger partial charge in [-0.3, -0.25) is 0 Å². The van der Waals surface area contributed by atoms with E-state index < -0.39 is 0 Å². The highest BCUT2D eigenvalue weighted by Gasteiger charge is 2.15. The second-order valence-electron chi connectivity index (χ2n) is 8.53. The summed E-state index contributed by atoms with van der Waals surface area (Å²) in [5.74, 6) is 0. The summed E-state index contributed by atoms with van der Waals surface area (Å²) in [7, 11) is 1.99. The molecular formula is C30H23N5. The number of rotatable bonds is 6. The van der Waals surface area contributed by atoms with Gasteiger partial charge in [0.1, 0.15) is 0 Å². The summed E-state index contributed by atoms with van der Waals surface area (Å²) in [5, 5.41) is 21.3. The van der Waals surface area contributed by atoms with Gasteiger partial charge in [0.2, 0.25) is 0 Å². The van der Waals surface area contributed by atoms with Gasteiger partial charge in [-0.15, -0.1) is 0 Å². The first-order chi connectivity index (χ1) is 17.2. The Morgan fingerprint density at radius 2 is 1.63 bits per heavy atom. The highest BCUT2D eigenvalue weighted by Crippen LogP contribution is 2.34. The third kappa shape index (κ3) is 4.49. The van der Waals surface area contributed by atoms with Crippen LogP contribution < -0.4 is 4.90 Å². The SMILES string of the molecule is Cn1cncc1CN(Cc1ccc(C#N)cc1)c1ccc(C#N)c(-c2cccc3ccccc23)c1. The molecule has 0 amide bonds.